The van der Waals surface area contributed by atoms with Crippen LogP contribution in [0.1, 0.15) is 5.56 Å². The zero-order valence-electron chi connectivity index (χ0n) is 11.8. The van der Waals surface area contributed by atoms with Gasteiger partial charge in [-0.3, -0.25) is 5.01 Å². The SMILES string of the molecule is COc1cccc(/C=N\N2CC[NH+](C)CC2)c1OC. The average Bonchev–Trinajstić information content (AvgIpc) is 2.46. The van der Waals surface area contributed by atoms with E-state index in [-0.39, 0.29) is 0 Å². The van der Waals surface area contributed by atoms with Crippen molar-refractivity contribution in [2.24, 2.45) is 5.10 Å². The molecule has 0 spiro atoms. The van der Waals surface area contributed by atoms with Crippen molar-refractivity contribution in [1.82, 2.24) is 5.01 Å². The van der Waals surface area contributed by atoms with Gasteiger partial charge in [-0.15, -0.1) is 0 Å². The molecule has 1 heterocycles. The van der Waals surface area contributed by atoms with Crippen molar-refractivity contribution >= 4 is 6.21 Å². The highest BCUT2D eigenvalue weighted by Crippen LogP contribution is 2.29. The first-order chi connectivity index (χ1) is 9.24. The predicted octanol–water partition coefficient (Wildman–Crippen LogP) is -0.132. The minimum absolute atomic E-state index is 0.730. The smallest absolute Gasteiger partial charge is 0.169 e. The Bertz CT molecular complexity index is 440. The van der Waals surface area contributed by atoms with Crippen molar-refractivity contribution in [3.8, 4) is 11.5 Å². The van der Waals surface area contributed by atoms with E-state index in [2.05, 4.69) is 17.2 Å². The van der Waals surface area contributed by atoms with E-state index < -0.39 is 0 Å². The Morgan fingerprint density at radius 2 is 1.95 bits per heavy atom. The second-order valence-corrected chi connectivity index (χ2v) is 4.74. The van der Waals surface area contributed by atoms with Crippen molar-refractivity contribution in [3.63, 3.8) is 0 Å². The molecule has 1 aromatic carbocycles. The standard InChI is InChI=1S/C14H21N3O2/c1-16-7-9-17(10-8-16)15-11-12-5-4-6-13(18-2)14(12)19-3/h4-6,11H,7-10H2,1-3H3/p+1/b15-11-. The monoisotopic (exact) mass is 264 g/mol. The van der Waals surface area contributed by atoms with Crippen LogP contribution in [0.25, 0.3) is 0 Å². The summed E-state index contributed by atoms with van der Waals surface area (Å²) in [5.41, 5.74) is 0.938. The molecule has 1 N–H and O–H groups in total. The highest BCUT2D eigenvalue weighted by Gasteiger charge is 2.14. The fourth-order valence-corrected chi connectivity index (χ4v) is 2.15. The van der Waals surface area contributed by atoms with Gasteiger partial charge >= 0.3 is 0 Å². The molecule has 104 valence electrons. The van der Waals surface area contributed by atoms with Gasteiger partial charge in [0.2, 0.25) is 0 Å². The summed E-state index contributed by atoms with van der Waals surface area (Å²) in [7, 11) is 5.50. The molecule has 0 radical (unpaired) electrons. The number of ether oxygens (including phenoxy) is 2. The highest BCUT2D eigenvalue weighted by atomic mass is 16.5. The van der Waals surface area contributed by atoms with Crippen LogP contribution in [0.5, 0.6) is 11.5 Å². The molecule has 0 unspecified atom stereocenters. The van der Waals surface area contributed by atoms with Gasteiger partial charge in [0.05, 0.1) is 53.7 Å². The lowest BCUT2D eigenvalue weighted by molar-refractivity contribution is -0.884. The van der Waals surface area contributed by atoms with Gasteiger partial charge in [0.15, 0.2) is 11.5 Å². The molecular formula is C14H22N3O2+. The summed E-state index contributed by atoms with van der Waals surface area (Å²) < 4.78 is 10.7. The van der Waals surface area contributed by atoms with Crippen LogP contribution in [0, 0.1) is 0 Å². The molecule has 5 heteroatoms. The largest absolute Gasteiger partial charge is 0.493 e. The number of rotatable bonds is 4. The fourth-order valence-electron chi connectivity index (χ4n) is 2.15. The molecule has 19 heavy (non-hydrogen) atoms. The van der Waals surface area contributed by atoms with Crippen LogP contribution in [0.2, 0.25) is 0 Å². The summed E-state index contributed by atoms with van der Waals surface area (Å²) >= 11 is 0. The van der Waals surface area contributed by atoms with E-state index in [0.29, 0.717) is 0 Å². The van der Waals surface area contributed by atoms with E-state index >= 15 is 0 Å². The van der Waals surface area contributed by atoms with Crippen molar-refractivity contribution in [2.45, 2.75) is 0 Å². The number of hydrogen-bond donors (Lipinski definition) is 1. The number of hydrazone groups is 1. The van der Waals surface area contributed by atoms with E-state index in [9.17, 15) is 0 Å². The van der Waals surface area contributed by atoms with Gasteiger partial charge in [0.1, 0.15) is 0 Å². The van der Waals surface area contributed by atoms with Crippen LogP contribution in [0.15, 0.2) is 23.3 Å². The van der Waals surface area contributed by atoms with Crippen LogP contribution in [-0.2, 0) is 0 Å². The van der Waals surface area contributed by atoms with Gasteiger partial charge in [0, 0.05) is 5.56 Å². The molecule has 0 amide bonds. The van der Waals surface area contributed by atoms with Crippen molar-refractivity contribution in [1.29, 1.82) is 0 Å². The van der Waals surface area contributed by atoms with Gasteiger partial charge in [-0.2, -0.15) is 5.10 Å². The Kier molecular flexibility index (Phi) is 4.63. The second kappa shape index (κ2) is 6.43. The molecule has 0 aromatic heterocycles. The number of quaternary nitrogens is 1. The molecule has 1 fully saturated rings. The Morgan fingerprint density at radius 3 is 2.58 bits per heavy atom. The third-order valence-corrected chi connectivity index (χ3v) is 3.39. The zero-order chi connectivity index (χ0) is 13.7. The average molecular weight is 264 g/mol. The van der Waals surface area contributed by atoms with Gasteiger partial charge in [-0.1, -0.05) is 6.07 Å². The quantitative estimate of drug-likeness (QED) is 0.770. The first kappa shape index (κ1) is 13.7. The van der Waals surface area contributed by atoms with Gasteiger partial charge in [0.25, 0.3) is 0 Å². The normalized spacial score (nSPS) is 16.9. The van der Waals surface area contributed by atoms with Crippen molar-refractivity contribution in [3.05, 3.63) is 23.8 Å². The number of piperazine rings is 1. The fraction of sp³-hybridized carbons (Fsp3) is 0.500. The van der Waals surface area contributed by atoms with E-state index in [0.717, 1.165) is 43.2 Å². The summed E-state index contributed by atoms with van der Waals surface area (Å²) in [6.07, 6.45) is 1.85. The van der Waals surface area contributed by atoms with E-state index in [1.165, 1.54) is 0 Å². The van der Waals surface area contributed by atoms with E-state index in [1.54, 1.807) is 19.1 Å². The summed E-state index contributed by atoms with van der Waals surface area (Å²) in [5, 5.41) is 6.63. The summed E-state index contributed by atoms with van der Waals surface area (Å²) in [4.78, 5) is 1.56. The number of likely N-dealkylation sites (N-methyl/N-ethyl adjacent to an activating group) is 1. The van der Waals surface area contributed by atoms with Gasteiger partial charge in [-0.05, 0) is 12.1 Å². The minimum Gasteiger partial charge on any atom is -0.493 e. The molecule has 1 aliphatic heterocycles. The third kappa shape index (κ3) is 3.38. The number of nitrogens with zero attached hydrogens (tertiary/aromatic N) is 2. The van der Waals surface area contributed by atoms with Crippen LogP contribution in [0.3, 0.4) is 0 Å². The van der Waals surface area contributed by atoms with Crippen LogP contribution in [0.4, 0.5) is 0 Å². The van der Waals surface area contributed by atoms with Crippen LogP contribution < -0.4 is 14.4 Å². The second-order valence-electron chi connectivity index (χ2n) is 4.74. The summed E-state index contributed by atoms with van der Waals surface area (Å²) in [5.74, 6) is 1.46. The molecule has 1 saturated heterocycles. The third-order valence-electron chi connectivity index (χ3n) is 3.39. The highest BCUT2D eigenvalue weighted by molar-refractivity contribution is 5.84. The lowest BCUT2D eigenvalue weighted by Gasteiger charge is -2.27. The molecule has 1 aromatic rings. The molecule has 0 atom stereocenters. The minimum atomic E-state index is 0.730. The van der Waals surface area contributed by atoms with E-state index in [1.807, 2.05) is 24.4 Å². The molecule has 1 aliphatic rings. The Hall–Kier alpha value is -1.75. The molecule has 5 nitrogen and oxygen atoms in total. The topological polar surface area (TPSA) is 38.5 Å². The number of methoxy groups -OCH3 is 2. The lowest BCUT2D eigenvalue weighted by Crippen LogP contribution is -3.11. The maximum Gasteiger partial charge on any atom is 0.169 e. The molecule has 0 saturated carbocycles. The van der Waals surface area contributed by atoms with Crippen molar-refractivity contribution in [2.75, 3.05) is 47.4 Å². The van der Waals surface area contributed by atoms with Crippen molar-refractivity contribution < 1.29 is 14.4 Å². The maximum absolute atomic E-state index is 5.39. The maximum atomic E-state index is 5.39. The lowest BCUT2D eigenvalue weighted by atomic mass is 10.2. The number of nitrogens with one attached hydrogen (secondary N) is 1. The Labute approximate surface area is 114 Å². The molecule has 0 bridgehead atoms. The Balaban J connectivity index is 2.10. The van der Waals surface area contributed by atoms with Crippen LogP contribution in [-0.4, -0.2) is 58.7 Å². The molecule has 0 aliphatic carbocycles. The summed E-state index contributed by atoms with van der Waals surface area (Å²) in [6, 6.07) is 5.80. The Morgan fingerprint density at radius 1 is 1.21 bits per heavy atom. The summed E-state index contributed by atoms with van der Waals surface area (Å²) in [6.45, 7) is 4.25. The number of hydrogen-bond acceptors (Lipinski definition) is 4. The number of benzene rings is 1. The molecule has 2 rings (SSSR count). The van der Waals surface area contributed by atoms with E-state index in [4.69, 9.17) is 9.47 Å². The molecular weight excluding hydrogens is 242 g/mol. The predicted molar refractivity (Wildman–Crippen MR) is 75.3 cm³/mol. The zero-order valence-corrected chi connectivity index (χ0v) is 11.8. The number of para-hydroxylation sites is 1. The van der Waals surface area contributed by atoms with Crippen LogP contribution >= 0.6 is 0 Å². The van der Waals surface area contributed by atoms with Gasteiger partial charge in [-0.25, -0.2) is 0 Å². The first-order valence-electron chi connectivity index (χ1n) is 6.56. The first-order valence-corrected chi connectivity index (χ1v) is 6.56. The van der Waals surface area contributed by atoms with Gasteiger partial charge < -0.3 is 14.4 Å².